The van der Waals surface area contributed by atoms with Crippen LogP contribution in [0.5, 0.6) is 0 Å². The second-order valence-corrected chi connectivity index (χ2v) is 34.9. The first-order valence-electron chi connectivity index (χ1n) is 43.1. The molecule has 0 bridgehead atoms. The Kier molecular flexibility index (Phi) is 34.6. The lowest BCUT2D eigenvalue weighted by Crippen LogP contribution is -2.06. The molecule has 0 heteroatoms. The van der Waals surface area contributed by atoms with E-state index in [4.69, 9.17) is 0 Å². The maximum absolute atomic E-state index is 2.42. The Balaban J connectivity index is 0.000000151. The van der Waals surface area contributed by atoms with E-state index in [9.17, 15) is 0 Å². The maximum atomic E-state index is 2.42. The van der Waals surface area contributed by atoms with E-state index >= 15 is 0 Å². The van der Waals surface area contributed by atoms with Crippen molar-refractivity contribution in [2.24, 2.45) is 0 Å². The summed E-state index contributed by atoms with van der Waals surface area (Å²) in [6.45, 7) is 36.5. The van der Waals surface area contributed by atoms with Gasteiger partial charge < -0.3 is 0 Å². The van der Waals surface area contributed by atoms with Crippen LogP contribution in [0, 0.1) is 0 Å². The predicted molar refractivity (Wildman–Crippen MR) is 464 cm³/mol. The van der Waals surface area contributed by atoms with E-state index in [1.165, 1.54) is 228 Å². The van der Waals surface area contributed by atoms with Crippen LogP contribution in [-0.2, 0) is 103 Å². The molecule has 0 aliphatic heterocycles. The summed E-state index contributed by atoms with van der Waals surface area (Å²) in [5, 5.41) is 0. The Hall–Kier alpha value is -6.24. The molecule has 105 heavy (non-hydrogen) atoms. The molecule has 8 aliphatic carbocycles. The molecule has 0 nitrogen and oxygen atoms in total. The molecule has 0 heterocycles. The molecule has 8 aromatic rings. The van der Waals surface area contributed by atoms with Crippen molar-refractivity contribution in [3.05, 3.63) is 279 Å². The van der Waals surface area contributed by atoms with Crippen molar-refractivity contribution >= 4 is 0 Å². The topological polar surface area (TPSA) is 0 Å². The van der Waals surface area contributed by atoms with Gasteiger partial charge in [0.15, 0.2) is 0 Å². The molecule has 0 unspecified atom stereocenters. The van der Waals surface area contributed by atoms with E-state index < -0.39 is 0 Å². The first kappa shape index (κ1) is 84.4. The zero-order valence-corrected chi connectivity index (χ0v) is 69.1. The van der Waals surface area contributed by atoms with Crippen LogP contribution in [0.4, 0.5) is 0 Å². The third-order valence-electron chi connectivity index (χ3n) is 24.4. The maximum Gasteiger partial charge on any atom is -0.0216 e. The van der Waals surface area contributed by atoms with Gasteiger partial charge in [0.2, 0.25) is 0 Å². The first-order chi connectivity index (χ1) is 50.2. The van der Waals surface area contributed by atoms with Gasteiger partial charge in [0, 0.05) is 0 Å². The number of hydrogen-bond donors (Lipinski definition) is 0. The summed E-state index contributed by atoms with van der Waals surface area (Å²) in [6, 6.07) is 55.5. The van der Waals surface area contributed by atoms with Gasteiger partial charge in [-0.25, -0.2) is 0 Å². The van der Waals surface area contributed by atoms with E-state index in [1.54, 1.807) is 111 Å². The number of fused-ring (bicyclic) bond motifs is 8. The van der Waals surface area contributed by atoms with Crippen LogP contribution in [0.2, 0.25) is 0 Å². The Morgan fingerprint density at radius 3 is 0.495 bits per heavy atom. The van der Waals surface area contributed by atoms with Crippen LogP contribution in [0.1, 0.15) is 402 Å². The number of aryl methyl sites for hydroxylation is 12. The number of benzene rings is 8. The molecular formula is C105H148. The molecule has 0 saturated heterocycles. The predicted octanol–water partition coefficient (Wildman–Crippen LogP) is 30.1. The molecule has 568 valence electrons. The summed E-state index contributed by atoms with van der Waals surface area (Å²) in [6.07, 6.45) is 43.0. The second kappa shape index (κ2) is 43.1. The van der Waals surface area contributed by atoms with Crippen molar-refractivity contribution in [1.82, 2.24) is 0 Å². The molecule has 0 saturated carbocycles. The lowest BCUT2D eigenvalue weighted by Gasteiger charge is -2.21. The van der Waals surface area contributed by atoms with Crippen molar-refractivity contribution < 1.29 is 0 Å². The van der Waals surface area contributed by atoms with Crippen molar-refractivity contribution in [2.45, 2.75) is 371 Å². The van der Waals surface area contributed by atoms with Gasteiger partial charge in [-0.3, -0.25) is 0 Å². The molecule has 0 fully saturated rings. The van der Waals surface area contributed by atoms with Crippen LogP contribution in [-0.4, -0.2) is 0 Å². The monoisotopic (exact) mass is 1410 g/mol. The average Bonchev–Trinajstić information content (AvgIpc) is 0.838. The van der Waals surface area contributed by atoms with E-state index in [0.717, 1.165) is 0 Å². The normalized spacial score (nSPS) is 15.8. The van der Waals surface area contributed by atoms with Gasteiger partial charge in [-0.2, -0.15) is 0 Å². The molecule has 0 atom stereocenters. The lowest BCUT2D eigenvalue weighted by atomic mass is 9.85. The Morgan fingerprint density at radius 2 is 0.324 bits per heavy atom. The summed E-state index contributed by atoms with van der Waals surface area (Å²) in [5.74, 6) is 5.45. The van der Waals surface area contributed by atoms with Crippen LogP contribution < -0.4 is 0 Å². The van der Waals surface area contributed by atoms with Crippen LogP contribution >= 0.6 is 0 Å². The van der Waals surface area contributed by atoms with Gasteiger partial charge in [0.25, 0.3) is 0 Å². The SMILES string of the molecule is C.CC(C)c1ccc2c(c1)CCCC2.CC(C)c1ccc2c(c1)CCCC2.CC(C)c1ccc2c(c1)CCCC2.CC(C)c1ccc2c(c1)CCCC2.CC(C)c1cccc2c1CCCC2.CC(C)c1cccc2c1CCCC2.CC(C)c1cccc2c1CCCC2.CC(C)c1cccc2c1CCCC2. The molecule has 16 rings (SSSR count). The van der Waals surface area contributed by atoms with Gasteiger partial charge in [-0.1, -0.05) is 264 Å². The summed E-state index contributed by atoms with van der Waals surface area (Å²) < 4.78 is 0. The molecular weight excluding hydrogens is 1260 g/mol. The van der Waals surface area contributed by atoms with Gasteiger partial charge in [-0.05, 0) is 386 Å². The highest BCUT2D eigenvalue weighted by atomic mass is 14.3. The number of rotatable bonds is 8. The Bertz CT molecular complexity index is 3380. The van der Waals surface area contributed by atoms with E-state index in [0.29, 0.717) is 47.3 Å². The minimum atomic E-state index is 0. The standard InChI is InChI=1S/8C13H18.CH4/c4*1-10(2)12-9-5-7-11-6-3-4-8-13(11)12;4*1-10(2)12-8-7-11-5-3-4-6-13(11)9-12;/h4*5,7,9-10H,3-4,6,8H2,1-2H3;4*7-10H,3-6H2,1-2H3;1H4. The van der Waals surface area contributed by atoms with Crippen molar-refractivity contribution in [3.8, 4) is 0 Å². The lowest BCUT2D eigenvalue weighted by molar-refractivity contribution is 0.670. The van der Waals surface area contributed by atoms with Gasteiger partial charge in [-0.15, -0.1) is 0 Å². The Morgan fingerprint density at radius 1 is 0.162 bits per heavy atom. The summed E-state index contributed by atoms with van der Waals surface area (Å²) in [7, 11) is 0. The minimum Gasteiger partial charge on any atom is -0.0776 e. The molecule has 0 amide bonds. The van der Waals surface area contributed by atoms with Gasteiger partial charge >= 0.3 is 0 Å². The average molecular weight is 1410 g/mol. The van der Waals surface area contributed by atoms with Crippen molar-refractivity contribution in [1.29, 1.82) is 0 Å². The van der Waals surface area contributed by atoms with E-state index in [1.807, 2.05) is 0 Å². The zero-order chi connectivity index (χ0) is 74.1. The van der Waals surface area contributed by atoms with Crippen LogP contribution in [0.25, 0.3) is 0 Å². The van der Waals surface area contributed by atoms with E-state index in [2.05, 4.69) is 256 Å². The molecule has 8 aromatic carbocycles. The molecule has 0 radical (unpaired) electrons. The fourth-order valence-electron chi connectivity index (χ4n) is 17.9. The smallest absolute Gasteiger partial charge is 0.0216 e. The van der Waals surface area contributed by atoms with Gasteiger partial charge in [0.1, 0.15) is 0 Å². The minimum absolute atomic E-state index is 0. The summed E-state index contributed by atoms with van der Waals surface area (Å²) in [4.78, 5) is 0. The molecule has 0 spiro atoms. The van der Waals surface area contributed by atoms with Crippen LogP contribution in [0.3, 0.4) is 0 Å². The third kappa shape index (κ3) is 24.9. The van der Waals surface area contributed by atoms with Crippen LogP contribution in [0.15, 0.2) is 146 Å². The van der Waals surface area contributed by atoms with E-state index in [-0.39, 0.29) is 7.43 Å². The molecule has 0 N–H and O–H groups in total. The Labute approximate surface area is 646 Å². The fraction of sp³-hybridized carbons (Fsp3) is 0.543. The second-order valence-electron chi connectivity index (χ2n) is 34.9. The molecule has 8 aliphatic rings. The molecule has 0 aromatic heterocycles. The summed E-state index contributed by atoms with van der Waals surface area (Å²) >= 11 is 0. The third-order valence-corrected chi connectivity index (χ3v) is 24.4. The first-order valence-corrected chi connectivity index (χ1v) is 43.1. The van der Waals surface area contributed by atoms with Crippen molar-refractivity contribution in [3.63, 3.8) is 0 Å². The summed E-state index contributed by atoms with van der Waals surface area (Å²) in [5.41, 5.74) is 38.2. The largest absolute Gasteiger partial charge is 0.0776 e. The number of hydrogen-bond acceptors (Lipinski definition) is 0. The van der Waals surface area contributed by atoms with Crippen molar-refractivity contribution in [2.75, 3.05) is 0 Å². The van der Waals surface area contributed by atoms with Gasteiger partial charge in [0.05, 0.1) is 0 Å². The highest BCUT2D eigenvalue weighted by Gasteiger charge is 2.20. The fourth-order valence-corrected chi connectivity index (χ4v) is 17.9. The highest BCUT2D eigenvalue weighted by Crippen LogP contribution is 2.35. The quantitative estimate of drug-likeness (QED) is 0.142. The zero-order valence-electron chi connectivity index (χ0n) is 69.1. The highest BCUT2D eigenvalue weighted by molar-refractivity contribution is 5.44.